The Morgan fingerprint density at radius 3 is 2.69 bits per heavy atom. The first-order chi connectivity index (χ1) is 12.5. The maximum absolute atomic E-state index is 12.5. The van der Waals surface area contributed by atoms with Crippen LogP contribution in [0.25, 0.3) is 10.9 Å². The Bertz CT molecular complexity index is 1010. The summed E-state index contributed by atoms with van der Waals surface area (Å²) in [6, 6.07) is 13.4. The molecule has 5 heteroatoms. The Morgan fingerprint density at radius 2 is 1.92 bits per heavy atom. The van der Waals surface area contributed by atoms with Crippen molar-refractivity contribution < 1.29 is 4.79 Å². The second kappa shape index (κ2) is 7.52. The summed E-state index contributed by atoms with van der Waals surface area (Å²) in [5.74, 6) is 0.264. The smallest absolute Gasteiger partial charge is 0.226 e. The van der Waals surface area contributed by atoms with E-state index in [9.17, 15) is 9.59 Å². The predicted octanol–water partition coefficient (Wildman–Crippen LogP) is 3.86. The Hall–Kier alpha value is -2.95. The summed E-state index contributed by atoms with van der Waals surface area (Å²) in [5, 5.41) is 7.84. The van der Waals surface area contributed by atoms with E-state index in [1.807, 2.05) is 43.3 Å². The predicted molar refractivity (Wildman–Crippen MR) is 105 cm³/mol. The number of amides is 1. The summed E-state index contributed by atoms with van der Waals surface area (Å²) in [5.41, 5.74) is 3.71. The van der Waals surface area contributed by atoms with Crippen LogP contribution in [0.1, 0.15) is 37.3 Å². The number of aryl methyl sites for hydroxylation is 2. The molecule has 26 heavy (non-hydrogen) atoms. The molecule has 0 bridgehead atoms. The average Bonchev–Trinajstić information content (AvgIpc) is 2.63. The molecule has 0 atom stereocenters. The SMILES string of the molecule is Cc1cccc(C(C)C)c1NC(=O)CCn1ncc(=O)c2ccccc21. The summed E-state index contributed by atoms with van der Waals surface area (Å²) in [4.78, 5) is 24.4. The topological polar surface area (TPSA) is 64.0 Å². The summed E-state index contributed by atoms with van der Waals surface area (Å²) in [6.07, 6.45) is 1.59. The number of carbonyl (C=O) groups is 1. The molecule has 1 aromatic heterocycles. The third-order valence-electron chi connectivity index (χ3n) is 4.50. The minimum Gasteiger partial charge on any atom is -0.326 e. The van der Waals surface area contributed by atoms with Crippen molar-refractivity contribution in [2.75, 3.05) is 5.32 Å². The molecule has 2 aromatic carbocycles. The van der Waals surface area contributed by atoms with E-state index in [2.05, 4.69) is 24.3 Å². The number of nitrogens with zero attached hydrogens (tertiary/aromatic N) is 2. The molecule has 0 fully saturated rings. The van der Waals surface area contributed by atoms with Gasteiger partial charge in [0.25, 0.3) is 0 Å². The monoisotopic (exact) mass is 349 g/mol. The zero-order valence-electron chi connectivity index (χ0n) is 15.3. The van der Waals surface area contributed by atoms with Crippen molar-refractivity contribution in [3.05, 3.63) is 70.0 Å². The average molecular weight is 349 g/mol. The molecule has 0 saturated heterocycles. The Morgan fingerprint density at radius 1 is 1.15 bits per heavy atom. The largest absolute Gasteiger partial charge is 0.326 e. The van der Waals surface area contributed by atoms with Crippen LogP contribution >= 0.6 is 0 Å². The molecule has 3 rings (SSSR count). The minimum atomic E-state index is -0.109. The van der Waals surface area contributed by atoms with Crippen molar-refractivity contribution in [1.29, 1.82) is 0 Å². The molecule has 1 heterocycles. The van der Waals surface area contributed by atoms with Crippen LogP contribution in [0.3, 0.4) is 0 Å². The van der Waals surface area contributed by atoms with Gasteiger partial charge < -0.3 is 5.32 Å². The zero-order chi connectivity index (χ0) is 18.7. The number of hydrogen-bond donors (Lipinski definition) is 1. The van der Waals surface area contributed by atoms with Gasteiger partial charge in [-0.2, -0.15) is 5.10 Å². The van der Waals surface area contributed by atoms with Gasteiger partial charge >= 0.3 is 0 Å². The maximum atomic E-state index is 12.5. The molecule has 5 nitrogen and oxygen atoms in total. The number of rotatable bonds is 5. The number of fused-ring (bicyclic) bond motifs is 1. The summed E-state index contributed by atoms with van der Waals surface area (Å²) >= 11 is 0. The highest BCUT2D eigenvalue weighted by molar-refractivity contribution is 5.92. The van der Waals surface area contributed by atoms with Crippen LogP contribution in [-0.2, 0) is 11.3 Å². The molecular weight excluding hydrogens is 326 g/mol. The quantitative estimate of drug-likeness (QED) is 0.761. The molecule has 0 spiro atoms. The molecule has 0 unspecified atom stereocenters. The lowest BCUT2D eigenvalue weighted by Crippen LogP contribution is -2.19. The third-order valence-corrected chi connectivity index (χ3v) is 4.50. The Balaban J connectivity index is 1.77. The number of hydrogen-bond acceptors (Lipinski definition) is 3. The van der Waals surface area contributed by atoms with Crippen LogP contribution in [0.4, 0.5) is 5.69 Å². The summed E-state index contributed by atoms with van der Waals surface area (Å²) < 4.78 is 1.71. The number of nitrogens with one attached hydrogen (secondary N) is 1. The van der Waals surface area contributed by atoms with Gasteiger partial charge in [0.2, 0.25) is 11.3 Å². The molecule has 1 N–H and O–H groups in total. The van der Waals surface area contributed by atoms with Gasteiger partial charge in [-0.3, -0.25) is 14.3 Å². The normalized spacial score (nSPS) is 11.1. The van der Waals surface area contributed by atoms with E-state index >= 15 is 0 Å². The van der Waals surface area contributed by atoms with E-state index in [1.54, 1.807) is 10.7 Å². The molecule has 0 aliphatic rings. The van der Waals surface area contributed by atoms with Gasteiger partial charge in [0.15, 0.2) is 0 Å². The van der Waals surface area contributed by atoms with E-state index in [-0.39, 0.29) is 17.8 Å². The number of para-hydroxylation sites is 2. The molecule has 0 aliphatic heterocycles. The van der Waals surface area contributed by atoms with Crippen molar-refractivity contribution in [3.63, 3.8) is 0 Å². The van der Waals surface area contributed by atoms with Crippen LogP contribution in [0.2, 0.25) is 0 Å². The van der Waals surface area contributed by atoms with E-state index in [4.69, 9.17) is 0 Å². The number of aromatic nitrogens is 2. The van der Waals surface area contributed by atoms with Crippen LogP contribution < -0.4 is 10.7 Å². The molecule has 0 radical (unpaired) electrons. The first-order valence-corrected chi connectivity index (χ1v) is 8.81. The lowest BCUT2D eigenvalue weighted by Gasteiger charge is -2.16. The van der Waals surface area contributed by atoms with Crippen LogP contribution in [-0.4, -0.2) is 15.7 Å². The van der Waals surface area contributed by atoms with E-state index in [0.717, 1.165) is 22.3 Å². The second-order valence-electron chi connectivity index (χ2n) is 6.74. The van der Waals surface area contributed by atoms with Gasteiger partial charge in [0, 0.05) is 17.5 Å². The van der Waals surface area contributed by atoms with E-state index < -0.39 is 0 Å². The number of anilines is 1. The Kier molecular flexibility index (Phi) is 5.16. The lowest BCUT2D eigenvalue weighted by molar-refractivity contribution is -0.116. The van der Waals surface area contributed by atoms with Crippen molar-refractivity contribution in [3.8, 4) is 0 Å². The molecular formula is C21H23N3O2. The van der Waals surface area contributed by atoms with E-state index in [1.165, 1.54) is 6.20 Å². The van der Waals surface area contributed by atoms with Crippen molar-refractivity contribution in [1.82, 2.24) is 9.78 Å². The fourth-order valence-corrected chi connectivity index (χ4v) is 3.09. The Labute approximate surface area is 152 Å². The number of benzene rings is 2. The maximum Gasteiger partial charge on any atom is 0.226 e. The molecule has 3 aromatic rings. The molecule has 1 amide bonds. The molecule has 134 valence electrons. The van der Waals surface area contributed by atoms with Crippen LogP contribution in [0.5, 0.6) is 0 Å². The first kappa shape index (κ1) is 17.9. The van der Waals surface area contributed by atoms with Gasteiger partial charge in [-0.25, -0.2) is 0 Å². The van der Waals surface area contributed by atoms with Crippen LogP contribution in [0.15, 0.2) is 53.5 Å². The van der Waals surface area contributed by atoms with Crippen LogP contribution in [0, 0.1) is 6.92 Å². The summed E-state index contributed by atoms with van der Waals surface area (Å²) in [6.45, 7) is 6.63. The third kappa shape index (κ3) is 3.67. The van der Waals surface area contributed by atoms with Gasteiger partial charge in [-0.15, -0.1) is 0 Å². The molecule has 0 saturated carbocycles. The first-order valence-electron chi connectivity index (χ1n) is 8.81. The van der Waals surface area contributed by atoms with E-state index in [0.29, 0.717) is 17.8 Å². The fourth-order valence-electron chi connectivity index (χ4n) is 3.09. The van der Waals surface area contributed by atoms with Gasteiger partial charge in [0.1, 0.15) is 0 Å². The highest BCUT2D eigenvalue weighted by Crippen LogP contribution is 2.27. The second-order valence-corrected chi connectivity index (χ2v) is 6.74. The molecule has 0 aliphatic carbocycles. The van der Waals surface area contributed by atoms with Gasteiger partial charge in [-0.1, -0.05) is 44.2 Å². The minimum absolute atomic E-state index is 0.0641. The van der Waals surface area contributed by atoms with Gasteiger partial charge in [0.05, 0.1) is 18.3 Å². The lowest BCUT2D eigenvalue weighted by atomic mass is 9.98. The highest BCUT2D eigenvalue weighted by atomic mass is 16.1. The van der Waals surface area contributed by atoms with Crippen molar-refractivity contribution >= 4 is 22.5 Å². The standard InChI is InChI=1S/C21H23N3O2/c1-14(2)16-9-6-7-15(3)21(16)23-20(26)11-12-24-18-10-5-4-8-17(18)19(25)13-22-24/h4-10,13-14H,11-12H2,1-3H3,(H,23,26). The van der Waals surface area contributed by atoms with Crippen molar-refractivity contribution in [2.24, 2.45) is 0 Å². The van der Waals surface area contributed by atoms with Gasteiger partial charge in [-0.05, 0) is 36.1 Å². The fraction of sp³-hybridized carbons (Fsp3) is 0.286. The van der Waals surface area contributed by atoms with Crippen molar-refractivity contribution in [2.45, 2.75) is 39.7 Å². The number of carbonyl (C=O) groups excluding carboxylic acids is 1. The zero-order valence-corrected chi connectivity index (χ0v) is 15.3. The highest BCUT2D eigenvalue weighted by Gasteiger charge is 2.12. The summed E-state index contributed by atoms with van der Waals surface area (Å²) in [7, 11) is 0.